The lowest BCUT2D eigenvalue weighted by atomic mass is 9.99. The maximum absolute atomic E-state index is 5.92. The smallest absolute Gasteiger partial charge is 0.115 e. The molecule has 3 aromatic rings. The van der Waals surface area contributed by atoms with Gasteiger partial charge in [0.05, 0.1) is 22.7 Å². The van der Waals surface area contributed by atoms with Crippen molar-refractivity contribution in [2.24, 2.45) is 5.73 Å². The number of aromatic amines is 1. The van der Waals surface area contributed by atoms with Gasteiger partial charge < -0.3 is 10.7 Å². The molecule has 0 saturated carbocycles. The van der Waals surface area contributed by atoms with Crippen LogP contribution in [0, 0.1) is 0 Å². The number of nitrogens with zero attached hydrogens (tertiary/aromatic N) is 1. The van der Waals surface area contributed by atoms with Crippen molar-refractivity contribution in [1.82, 2.24) is 9.97 Å². The highest BCUT2D eigenvalue weighted by Crippen LogP contribution is 2.30. The number of thiophene rings is 1. The van der Waals surface area contributed by atoms with Gasteiger partial charge in [0, 0.05) is 16.4 Å². The van der Waals surface area contributed by atoms with Gasteiger partial charge in [-0.05, 0) is 27.6 Å². The van der Waals surface area contributed by atoms with Crippen LogP contribution in [0.3, 0.4) is 0 Å². The van der Waals surface area contributed by atoms with Gasteiger partial charge in [0.1, 0.15) is 5.82 Å². The summed E-state index contributed by atoms with van der Waals surface area (Å²) in [5, 5.41) is 2.06. The first-order chi connectivity index (χ1) is 9.78. The Bertz CT molecular complexity index is 690. The van der Waals surface area contributed by atoms with Gasteiger partial charge in [0.15, 0.2) is 0 Å². The monoisotopic (exact) mass is 347 g/mol. The first-order valence-corrected chi connectivity index (χ1v) is 7.99. The summed E-state index contributed by atoms with van der Waals surface area (Å²) in [7, 11) is 0. The van der Waals surface area contributed by atoms with Crippen LogP contribution in [0.1, 0.15) is 17.3 Å². The van der Waals surface area contributed by atoms with Crippen molar-refractivity contribution in [3.8, 4) is 10.6 Å². The lowest BCUT2D eigenvalue weighted by molar-refractivity contribution is 0.765. The van der Waals surface area contributed by atoms with E-state index in [1.807, 2.05) is 24.4 Å². The number of benzene rings is 1. The summed E-state index contributed by atoms with van der Waals surface area (Å²) in [5.41, 5.74) is 8.14. The van der Waals surface area contributed by atoms with Crippen LogP contribution in [0.25, 0.3) is 10.6 Å². The molecule has 0 bridgehead atoms. The van der Waals surface area contributed by atoms with E-state index in [4.69, 9.17) is 5.73 Å². The Balaban J connectivity index is 1.92. The molecule has 0 aliphatic carbocycles. The molecule has 0 spiro atoms. The largest absolute Gasteiger partial charge is 0.341 e. The number of halogens is 1. The van der Waals surface area contributed by atoms with E-state index in [2.05, 4.69) is 49.5 Å². The van der Waals surface area contributed by atoms with Crippen molar-refractivity contribution >= 4 is 27.3 Å². The second-order valence-electron chi connectivity index (χ2n) is 4.51. The van der Waals surface area contributed by atoms with Gasteiger partial charge in [-0.2, -0.15) is 0 Å². The van der Waals surface area contributed by atoms with Gasteiger partial charge in [0.25, 0.3) is 0 Å². The Morgan fingerprint density at radius 2 is 2.10 bits per heavy atom. The number of nitrogens with one attached hydrogen (secondary N) is 1. The topological polar surface area (TPSA) is 54.7 Å². The van der Waals surface area contributed by atoms with Gasteiger partial charge >= 0.3 is 0 Å². The van der Waals surface area contributed by atoms with Gasteiger partial charge in [-0.15, -0.1) is 11.3 Å². The minimum absolute atomic E-state index is 0.105. The number of hydrogen-bond acceptors (Lipinski definition) is 3. The lowest BCUT2D eigenvalue weighted by Gasteiger charge is -2.12. The molecule has 0 aliphatic rings. The predicted molar refractivity (Wildman–Crippen MR) is 86.9 cm³/mol. The highest BCUT2D eigenvalue weighted by Gasteiger charge is 2.16. The first kappa shape index (κ1) is 13.5. The third kappa shape index (κ3) is 2.70. The summed E-state index contributed by atoms with van der Waals surface area (Å²) in [6.07, 6.45) is 1.87. The summed E-state index contributed by atoms with van der Waals surface area (Å²) in [6, 6.07) is 12.3. The van der Waals surface area contributed by atoms with Gasteiger partial charge in [-0.3, -0.25) is 0 Å². The van der Waals surface area contributed by atoms with Crippen molar-refractivity contribution in [2.45, 2.75) is 5.92 Å². The van der Waals surface area contributed by atoms with Gasteiger partial charge in [-0.25, -0.2) is 4.98 Å². The van der Waals surface area contributed by atoms with E-state index in [-0.39, 0.29) is 5.92 Å². The lowest BCUT2D eigenvalue weighted by Crippen LogP contribution is -2.15. The molecule has 5 heteroatoms. The van der Waals surface area contributed by atoms with Crippen LogP contribution in [0.2, 0.25) is 0 Å². The average molecular weight is 348 g/mol. The van der Waals surface area contributed by atoms with Crippen LogP contribution in [-0.4, -0.2) is 16.5 Å². The second-order valence-corrected chi connectivity index (χ2v) is 6.34. The van der Waals surface area contributed by atoms with Crippen molar-refractivity contribution < 1.29 is 0 Å². The molecule has 3 nitrogen and oxygen atoms in total. The minimum Gasteiger partial charge on any atom is -0.341 e. The Morgan fingerprint density at radius 1 is 1.30 bits per heavy atom. The fourth-order valence-electron chi connectivity index (χ4n) is 2.18. The summed E-state index contributed by atoms with van der Waals surface area (Å²) in [4.78, 5) is 9.06. The zero-order valence-corrected chi connectivity index (χ0v) is 13.1. The van der Waals surface area contributed by atoms with E-state index in [9.17, 15) is 0 Å². The Kier molecular flexibility index (Phi) is 4.00. The van der Waals surface area contributed by atoms with Gasteiger partial charge in [0.2, 0.25) is 0 Å². The van der Waals surface area contributed by atoms with Crippen molar-refractivity contribution in [3.05, 3.63) is 63.8 Å². The normalized spacial score (nSPS) is 12.5. The number of imidazole rings is 1. The molecule has 102 valence electrons. The molecule has 0 fully saturated rings. The molecule has 0 amide bonds. The number of rotatable bonds is 4. The van der Waals surface area contributed by atoms with E-state index in [1.54, 1.807) is 11.3 Å². The SMILES string of the molecule is NCC(c1ccccc1)c1ncc(-c2cc(Br)cs2)[nH]1. The molecule has 2 heterocycles. The molecule has 1 atom stereocenters. The van der Waals surface area contributed by atoms with Crippen molar-refractivity contribution in [3.63, 3.8) is 0 Å². The van der Waals surface area contributed by atoms with Crippen LogP contribution in [-0.2, 0) is 0 Å². The highest BCUT2D eigenvalue weighted by atomic mass is 79.9. The molecule has 0 radical (unpaired) electrons. The van der Waals surface area contributed by atoms with E-state index in [0.717, 1.165) is 16.0 Å². The Labute approximate surface area is 130 Å². The van der Waals surface area contributed by atoms with Crippen molar-refractivity contribution in [1.29, 1.82) is 0 Å². The minimum atomic E-state index is 0.105. The molecule has 1 aromatic carbocycles. The average Bonchev–Trinajstić information content (AvgIpc) is 3.10. The maximum Gasteiger partial charge on any atom is 0.115 e. The maximum atomic E-state index is 5.92. The molecular formula is C15H14BrN3S. The molecule has 0 saturated heterocycles. The quantitative estimate of drug-likeness (QED) is 0.749. The molecule has 0 aliphatic heterocycles. The zero-order valence-electron chi connectivity index (χ0n) is 10.7. The summed E-state index contributed by atoms with van der Waals surface area (Å²) in [5.74, 6) is 1.02. The first-order valence-electron chi connectivity index (χ1n) is 6.32. The van der Waals surface area contributed by atoms with Crippen molar-refractivity contribution in [2.75, 3.05) is 6.54 Å². The highest BCUT2D eigenvalue weighted by molar-refractivity contribution is 9.10. The van der Waals surface area contributed by atoms with Crippen LogP contribution < -0.4 is 5.73 Å². The third-order valence-electron chi connectivity index (χ3n) is 3.20. The fourth-order valence-corrected chi connectivity index (χ4v) is 3.58. The third-order valence-corrected chi connectivity index (χ3v) is 4.92. The Morgan fingerprint density at radius 3 is 2.75 bits per heavy atom. The number of nitrogens with two attached hydrogens (primary N) is 1. The standard InChI is InChI=1S/C15H14BrN3S/c16-11-6-14(20-9-11)13-8-18-15(19-13)12(7-17)10-4-2-1-3-5-10/h1-6,8-9,12H,7,17H2,(H,18,19). The molecule has 3 rings (SSSR count). The molecule has 20 heavy (non-hydrogen) atoms. The van der Waals surface area contributed by atoms with Crippen LogP contribution in [0.15, 0.2) is 52.4 Å². The predicted octanol–water partition coefficient (Wildman–Crippen LogP) is 3.99. The summed E-state index contributed by atoms with van der Waals surface area (Å²) >= 11 is 5.15. The molecule has 2 aromatic heterocycles. The summed E-state index contributed by atoms with van der Waals surface area (Å²) in [6.45, 7) is 0.533. The molecule has 1 unspecified atom stereocenters. The summed E-state index contributed by atoms with van der Waals surface area (Å²) < 4.78 is 1.09. The van der Waals surface area contributed by atoms with E-state index in [0.29, 0.717) is 6.54 Å². The molecule has 3 N–H and O–H groups in total. The number of hydrogen-bond donors (Lipinski definition) is 2. The fraction of sp³-hybridized carbons (Fsp3) is 0.133. The van der Waals surface area contributed by atoms with Crippen LogP contribution in [0.4, 0.5) is 0 Å². The van der Waals surface area contributed by atoms with Crippen LogP contribution >= 0.6 is 27.3 Å². The van der Waals surface area contributed by atoms with E-state index >= 15 is 0 Å². The van der Waals surface area contributed by atoms with Crippen LogP contribution in [0.5, 0.6) is 0 Å². The van der Waals surface area contributed by atoms with E-state index in [1.165, 1.54) is 10.4 Å². The molecular weight excluding hydrogens is 334 g/mol. The van der Waals surface area contributed by atoms with E-state index < -0.39 is 0 Å². The Hall–Kier alpha value is -1.43. The second kappa shape index (κ2) is 5.91. The zero-order chi connectivity index (χ0) is 13.9. The number of aromatic nitrogens is 2. The van der Waals surface area contributed by atoms with Gasteiger partial charge in [-0.1, -0.05) is 30.3 Å². The number of H-pyrrole nitrogens is 1.